The molecule has 2 saturated heterocycles. The van der Waals surface area contributed by atoms with Gasteiger partial charge in [0.25, 0.3) is 0 Å². The maximum absolute atomic E-state index is 4.95. The van der Waals surface area contributed by atoms with Crippen molar-refractivity contribution in [1.82, 2.24) is 20.0 Å². The molecular weight excluding hydrogens is 384 g/mol. The first-order valence-corrected chi connectivity index (χ1v) is 11.2. The van der Waals surface area contributed by atoms with Crippen LogP contribution in [0.1, 0.15) is 35.6 Å². The molecule has 0 radical (unpaired) electrons. The summed E-state index contributed by atoms with van der Waals surface area (Å²) < 4.78 is 1.84. The zero-order valence-corrected chi connectivity index (χ0v) is 17.9. The molecule has 2 N–H and O–H groups in total. The number of aliphatic imine (C=N–C) groups is 1. The van der Waals surface area contributed by atoms with E-state index >= 15 is 0 Å². The summed E-state index contributed by atoms with van der Waals surface area (Å²) in [5.41, 5.74) is 8.56. The van der Waals surface area contributed by atoms with Crippen LogP contribution >= 0.6 is 0 Å². The Kier molecular flexibility index (Phi) is 4.62. The summed E-state index contributed by atoms with van der Waals surface area (Å²) >= 11 is 0. The second kappa shape index (κ2) is 7.62. The Hall–Kier alpha value is -2.96. The molecule has 0 aliphatic carbocycles. The average molecular weight is 413 g/mol. The van der Waals surface area contributed by atoms with Gasteiger partial charge in [-0.15, -0.1) is 0 Å². The highest BCUT2D eigenvalue weighted by molar-refractivity contribution is 6.06. The van der Waals surface area contributed by atoms with Crippen LogP contribution in [0.15, 0.2) is 59.9 Å². The summed E-state index contributed by atoms with van der Waals surface area (Å²) in [7, 11) is 1.95. The third-order valence-electron chi connectivity index (χ3n) is 6.61. The van der Waals surface area contributed by atoms with Gasteiger partial charge < -0.3 is 5.32 Å². The molecule has 3 aliphatic rings. The van der Waals surface area contributed by atoms with Crippen molar-refractivity contribution in [2.45, 2.75) is 31.6 Å². The summed E-state index contributed by atoms with van der Waals surface area (Å²) in [6, 6.07) is 16.0. The lowest BCUT2D eigenvalue weighted by Gasteiger charge is -2.18. The maximum Gasteiger partial charge on any atom is 0.120 e. The highest BCUT2D eigenvalue weighted by Crippen LogP contribution is 2.39. The van der Waals surface area contributed by atoms with Crippen LogP contribution in [0.3, 0.4) is 0 Å². The lowest BCUT2D eigenvalue weighted by molar-refractivity contribution is 0.331. The van der Waals surface area contributed by atoms with Gasteiger partial charge in [-0.2, -0.15) is 5.10 Å². The number of nitrogens with one attached hydrogen (secondary N) is 2. The Balaban J connectivity index is 1.18. The average Bonchev–Trinajstić information content (AvgIpc) is 3.15. The fraction of sp³-hybridized carbons (Fsp3) is 0.360. The molecule has 0 bridgehead atoms. The van der Waals surface area contributed by atoms with Crippen LogP contribution in [0.4, 0.5) is 5.69 Å². The number of hydrogen-bond acceptors (Lipinski definition) is 5. The molecule has 4 heterocycles. The van der Waals surface area contributed by atoms with Gasteiger partial charge in [0.15, 0.2) is 0 Å². The molecule has 31 heavy (non-hydrogen) atoms. The monoisotopic (exact) mass is 412 g/mol. The predicted molar refractivity (Wildman–Crippen MR) is 124 cm³/mol. The van der Waals surface area contributed by atoms with Crippen LogP contribution in [0, 0.1) is 0 Å². The molecule has 3 aromatic rings. The second-order valence-electron chi connectivity index (χ2n) is 8.90. The molecule has 2 fully saturated rings. The fourth-order valence-corrected chi connectivity index (χ4v) is 4.82. The van der Waals surface area contributed by atoms with E-state index in [0.717, 1.165) is 30.1 Å². The molecule has 2 aromatic carbocycles. The standard InChI is InChI=1S/C25H28N6/c1-30-16-19(13-27-30)18-6-9-21-22(12-18)23(28-25-24(21)29-25)14-26-20-7-4-17(5-8-20)15-31-10-2-3-11-31/h4-9,12-13,16,24-26,29H,2-3,10-11,14-15H2,1H3. The van der Waals surface area contributed by atoms with E-state index < -0.39 is 0 Å². The van der Waals surface area contributed by atoms with Crippen LogP contribution in [-0.2, 0) is 13.6 Å². The number of aryl methyl sites for hydroxylation is 1. The van der Waals surface area contributed by atoms with E-state index in [4.69, 9.17) is 4.99 Å². The molecule has 1 aromatic heterocycles. The van der Waals surface area contributed by atoms with Gasteiger partial charge in [0.1, 0.15) is 6.17 Å². The van der Waals surface area contributed by atoms with E-state index in [0.29, 0.717) is 6.04 Å². The van der Waals surface area contributed by atoms with Crippen molar-refractivity contribution in [1.29, 1.82) is 0 Å². The third-order valence-corrected chi connectivity index (χ3v) is 6.61. The highest BCUT2D eigenvalue weighted by atomic mass is 15.3. The topological polar surface area (TPSA) is 67.4 Å². The Labute approximate surface area is 183 Å². The van der Waals surface area contributed by atoms with E-state index in [1.807, 2.05) is 17.9 Å². The molecule has 0 saturated carbocycles. The zero-order chi connectivity index (χ0) is 20.8. The Bertz CT molecular complexity index is 1120. The van der Waals surface area contributed by atoms with Crippen molar-refractivity contribution >= 4 is 11.4 Å². The van der Waals surface area contributed by atoms with Gasteiger partial charge in [0.2, 0.25) is 0 Å². The molecule has 3 aliphatic heterocycles. The Morgan fingerprint density at radius 1 is 1.06 bits per heavy atom. The Morgan fingerprint density at radius 3 is 2.68 bits per heavy atom. The van der Waals surface area contributed by atoms with Crippen molar-refractivity contribution in [2.24, 2.45) is 12.0 Å². The second-order valence-corrected chi connectivity index (χ2v) is 8.90. The van der Waals surface area contributed by atoms with Crippen molar-refractivity contribution in [3.05, 3.63) is 71.5 Å². The number of nitrogens with zero attached hydrogens (tertiary/aromatic N) is 4. The van der Waals surface area contributed by atoms with Crippen molar-refractivity contribution in [3.8, 4) is 11.1 Å². The lowest BCUT2D eigenvalue weighted by Crippen LogP contribution is -2.20. The minimum atomic E-state index is 0.233. The summed E-state index contributed by atoms with van der Waals surface area (Å²) in [4.78, 5) is 7.49. The molecule has 158 valence electrons. The van der Waals surface area contributed by atoms with Crippen LogP contribution in [0.2, 0.25) is 0 Å². The summed E-state index contributed by atoms with van der Waals surface area (Å²) in [5, 5.41) is 11.4. The minimum Gasteiger partial charge on any atom is -0.379 e. The number of benzene rings is 2. The molecule has 6 nitrogen and oxygen atoms in total. The highest BCUT2D eigenvalue weighted by Gasteiger charge is 2.42. The molecule has 2 atom stereocenters. The van der Waals surface area contributed by atoms with Gasteiger partial charge in [-0.3, -0.25) is 19.9 Å². The van der Waals surface area contributed by atoms with Gasteiger partial charge in [-0.25, -0.2) is 0 Å². The fourth-order valence-electron chi connectivity index (χ4n) is 4.82. The number of likely N-dealkylation sites (tertiary alicyclic amines) is 1. The van der Waals surface area contributed by atoms with Crippen molar-refractivity contribution in [3.63, 3.8) is 0 Å². The van der Waals surface area contributed by atoms with Gasteiger partial charge in [-0.1, -0.05) is 24.3 Å². The number of aromatic nitrogens is 2. The number of rotatable bonds is 6. The Morgan fingerprint density at radius 2 is 1.90 bits per heavy atom. The van der Waals surface area contributed by atoms with Gasteiger partial charge in [0.05, 0.1) is 24.5 Å². The largest absolute Gasteiger partial charge is 0.379 e. The molecular formula is C25H28N6. The van der Waals surface area contributed by atoms with E-state index in [2.05, 4.69) is 69.3 Å². The molecule has 0 spiro atoms. The molecule has 6 rings (SSSR count). The first-order valence-electron chi connectivity index (χ1n) is 11.2. The van der Waals surface area contributed by atoms with E-state index in [9.17, 15) is 0 Å². The van der Waals surface area contributed by atoms with Crippen molar-refractivity contribution in [2.75, 3.05) is 25.0 Å². The van der Waals surface area contributed by atoms with Crippen molar-refractivity contribution < 1.29 is 0 Å². The van der Waals surface area contributed by atoms with Gasteiger partial charge in [-0.05, 0) is 60.8 Å². The number of fused-ring (bicyclic) bond motifs is 3. The smallest absolute Gasteiger partial charge is 0.120 e. The summed E-state index contributed by atoms with van der Waals surface area (Å²) in [5.74, 6) is 0. The minimum absolute atomic E-state index is 0.233. The predicted octanol–water partition coefficient (Wildman–Crippen LogP) is 3.57. The number of hydrogen-bond donors (Lipinski definition) is 2. The first-order chi connectivity index (χ1) is 15.2. The van der Waals surface area contributed by atoms with Gasteiger partial charge >= 0.3 is 0 Å². The third kappa shape index (κ3) is 3.77. The zero-order valence-electron chi connectivity index (χ0n) is 17.9. The molecule has 6 heteroatoms. The summed E-state index contributed by atoms with van der Waals surface area (Å²) in [6.45, 7) is 4.25. The van der Waals surface area contributed by atoms with Crippen LogP contribution in [0.25, 0.3) is 11.1 Å². The van der Waals surface area contributed by atoms with Crippen LogP contribution < -0.4 is 10.6 Å². The molecule has 0 amide bonds. The molecule has 2 unspecified atom stereocenters. The summed E-state index contributed by atoms with van der Waals surface area (Å²) in [6.07, 6.45) is 6.88. The normalized spacial score (nSPS) is 22.0. The quantitative estimate of drug-likeness (QED) is 0.608. The van der Waals surface area contributed by atoms with E-state index in [1.54, 1.807) is 0 Å². The number of anilines is 1. The SMILES string of the molecule is Cn1cc(-c2ccc3c(c2)C(CNc2ccc(CN4CCCC4)cc2)=NC2NC32)cn1. The van der Waals surface area contributed by atoms with E-state index in [-0.39, 0.29) is 6.17 Å². The van der Waals surface area contributed by atoms with E-state index in [1.165, 1.54) is 48.2 Å². The van der Waals surface area contributed by atoms with Crippen LogP contribution in [0.5, 0.6) is 0 Å². The van der Waals surface area contributed by atoms with Gasteiger partial charge in [0, 0.05) is 36.6 Å². The van der Waals surface area contributed by atoms with Crippen LogP contribution in [-0.4, -0.2) is 46.2 Å². The first kappa shape index (κ1) is 18.8. The maximum atomic E-state index is 4.95. The lowest BCUT2D eigenvalue weighted by atomic mass is 9.93.